The molecule has 0 aliphatic heterocycles. The van der Waals surface area contributed by atoms with Crippen molar-refractivity contribution >= 4 is 11.3 Å². The molecule has 0 spiro atoms. The van der Waals surface area contributed by atoms with Crippen molar-refractivity contribution in [3.8, 4) is 5.75 Å². The summed E-state index contributed by atoms with van der Waals surface area (Å²) < 4.78 is 5.72. The number of para-hydroxylation sites is 1. The van der Waals surface area contributed by atoms with Gasteiger partial charge in [0.2, 0.25) is 0 Å². The van der Waals surface area contributed by atoms with E-state index in [2.05, 4.69) is 15.7 Å². The van der Waals surface area contributed by atoms with Crippen molar-refractivity contribution in [2.24, 2.45) is 0 Å². The van der Waals surface area contributed by atoms with Gasteiger partial charge in [-0.2, -0.15) is 0 Å². The Morgan fingerprint density at radius 2 is 2.11 bits per heavy atom. The van der Waals surface area contributed by atoms with Crippen LogP contribution in [0.2, 0.25) is 0 Å². The van der Waals surface area contributed by atoms with Crippen LogP contribution in [0.1, 0.15) is 17.1 Å². The topological polar surface area (TPSA) is 34.1 Å². The summed E-state index contributed by atoms with van der Waals surface area (Å²) in [5, 5.41) is 6.62. The summed E-state index contributed by atoms with van der Waals surface area (Å²) >= 11 is 1.73. The molecule has 0 aliphatic carbocycles. The fourth-order valence-electron chi connectivity index (χ4n) is 1.89. The molecule has 3 nitrogen and oxygen atoms in total. The third kappa shape index (κ3) is 4.65. The van der Waals surface area contributed by atoms with Crippen molar-refractivity contribution in [1.82, 2.24) is 10.3 Å². The Bertz CT molecular complexity index is 484. The minimum Gasteiger partial charge on any atom is -0.494 e. The van der Waals surface area contributed by atoms with Gasteiger partial charge in [-0.25, -0.2) is 4.98 Å². The molecule has 1 aromatic heterocycles. The van der Waals surface area contributed by atoms with Crippen LogP contribution in [0.4, 0.5) is 0 Å². The molecule has 0 amide bonds. The van der Waals surface area contributed by atoms with Crippen LogP contribution in [0, 0.1) is 6.92 Å². The number of rotatable bonds is 7. The Kier molecular flexibility index (Phi) is 5.36. The van der Waals surface area contributed by atoms with Gasteiger partial charge in [0.25, 0.3) is 0 Å². The Balaban J connectivity index is 1.76. The number of hydrogen-bond acceptors (Lipinski definition) is 4. The van der Waals surface area contributed by atoms with Gasteiger partial charge in [-0.3, -0.25) is 0 Å². The monoisotopic (exact) mass is 276 g/mol. The second kappa shape index (κ2) is 7.26. The fraction of sp³-hybridized carbons (Fsp3) is 0.400. The number of benzene rings is 1. The Hall–Kier alpha value is -1.39. The number of nitrogens with zero attached hydrogens (tertiary/aromatic N) is 1. The molecule has 0 fully saturated rings. The maximum atomic E-state index is 5.72. The lowest BCUT2D eigenvalue weighted by Crippen LogP contribution is -2.29. The maximum Gasteiger partial charge on any atom is 0.119 e. The van der Waals surface area contributed by atoms with E-state index in [-0.39, 0.29) is 0 Å². The van der Waals surface area contributed by atoms with Crippen molar-refractivity contribution in [3.63, 3.8) is 0 Å². The van der Waals surface area contributed by atoms with Crippen molar-refractivity contribution in [1.29, 1.82) is 0 Å². The van der Waals surface area contributed by atoms with Gasteiger partial charge in [-0.15, -0.1) is 11.3 Å². The van der Waals surface area contributed by atoms with Crippen LogP contribution in [-0.4, -0.2) is 24.7 Å². The molecule has 1 atom stereocenters. The number of likely N-dealkylation sites (N-methyl/N-ethyl adjacent to an activating group) is 1. The molecule has 0 saturated heterocycles. The molecule has 1 unspecified atom stereocenters. The number of ether oxygens (including phenoxy) is 1. The summed E-state index contributed by atoms with van der Waals surface area (Å²) in [7, 11) is 1.99. The first-order chi connectivity index (χ1) is 9.28. The average Bonchev–Trinajstić information content (AvgIpc) is 2.84. The van der Waals surface area contributed by atoms with Gasteiger partial charge in [-0.05, 0) is 32.5 Å². The number of nitrogens with one attached hydrogen (secondary N) is 1. The first kappa shape index (κ1) is 14.0. The third-order valence-electron chi connectivity index (χ3n) is 2.97. The largest absolute Gasteiger partial charge is 0.494 e. The fourth-order valence-corrected chi connectivity index (χ4v) is 2.74. The highest BCUT2D eigenvalue weighted by Gasteiger charge is 2.10. The van der Waals surface area contributed by atoms with Gasteiger partial charge >= 0.3 is 0 Å². The molecule has 0 saturated carbocycles. The molecule has 0 radical (unpaired) electrons. The maximum absolute atomic E-state index is 5.72. The summed E-state index contributed by atoms with van der Waals surface area (Å²) in [6, 6.07) is 10.4. The highest BCUT2D eigenvalue weighted by Crippen LogP contribution is 2.13. The second-order valence-corrected chi connectivity index (χ2v) is 5.47. The lowest BCUT2D eigenvalue weighted by atomic mass is 10.1. The van der Waals surface area contributed by atoms with E-state index in [1.165, 1.54) is 5.01 Å². The molecule has 102 valence electrons. The highest BCUT2D eigenvalue weighted by atomic mass is 32.1. The van der Waals surface area contributed by atoms with Gasteiger partial charge in [-0.1, -0.05) is 18.2 Å². The Labute approximate surface area is 118 Å². The molecule has 1 aromatic carbocycles. The predicted molar refractivity (Wildman–Crippen MR) is 80.0 cm³/mol. The lowest BCUT2D eigenvalue weighted by Gasteiger charge is -2.15. The van der Waals surface area contributed by atoms with Crippen LogP contribution < -0.4 is 10.1 Å². The van der Waals surface area contributed by atoms with Crippen molar-refractivity contribution in [2.45, 2.75) is 25.8 Å². The van der Waals surface area contributed by atoms with E-state index in [0.717, 1.165) is 30.9 Å². The van der Waals surface area contributed by atoms with E-state index in [0.29, 0.717) is 6.04 Å². The molecular formula is C15H20N2OS. The molecule has 0 bridgehead atoms. The van der Waals surface area contributed by atoms with Crippen molar-refractivity contribution in [2.75, 3.05) is 13.7 Å². The molecule has 1 heterocycles. The number of hydrogen-bond donors (Lipinski definition) is 1. The summed E-state index contributed by atoms with van der Waals surface area (Å²) in [4.78, 5) is 4.50. The quantitative estimate of drug-likeness (QED) is 0.844. The smallest absolute Gasteiger partial charge is 0.119 e. The zero-order valence-corrected chi connectivity index (χ0v) is 12.2. The minimum atomic E-state index is 0.411. The van der Waals surface area contributed by atoms with Crippen LogP contribution >= 0.6 is 11.3 Å². The molecule has 2 rings (SSSR count). The normalized spacial score (nSPS) is 12.3. The van der Waals surface area contributed by atoms with Crippen LogP contribution in [0.25, 0.3) is 0 Å². The highest BCUT2D eigenvalue weighted by molar-refractivity contribution is 7.09. The Morgan fingerprint density at radius 3 is 2.74 bits per heavy atom. The van der Waals surface area contributed by atoms with E-state index in [9.17, 15) is 0 Å². The third-order valence-corrected chi connectivity index (χ3v) is 3.96. The summed E-state index contributed by atoms with van der Waals surface area (Å²) in [5.74, 6) is 0.933. The lowest BCUT2D eigenvalue weighted by molar-refractivity contribution is 0.288. The molecule has 2 aromatic rings. The van der Waals surface area contributed by atoms with E-state index in [4.69, 9.17) is 4.74 Å². The molecular weight excluding hydrogens is 256 g/mol. The van der Waals surface area contributed by atoms with Gasteiger partial charge in [0.05, 0.1) is 11.6 Å². The second-order valence-electron chi connectivity index (χ2n) is 4.52. The van der Waals surface area contributed by atoms with Crippen molar-refractivity contribution in [3.05, 3.63) is 46.4 Å². The van der Waals surface area contributed by atoms with Crippen LogP contribution in [0.15, 0.2) is 35.7 Å². The summed E-state index contributed by atoms with van der Waals surface area (Å²) in [6.45, 7) is 2.76. The van der Waals surface area contributed by atoms with Crippen molar-refractivity contribution < 1.29 is 4.74 Å². The predicted octanol–water partition coefficient (Wildman–Crippen LogP) is 3.05. The zero-order chi connectivity index (χ0) is 13.5. The van der Waals surface area contributed by atoms with Gasteiger partial charge < -0.3 is 10.1 Å². The first-order valence-electron chi connectivity index (χ1n) is 6.54. The molecule has 1 N–H and O–H groups in total. The van der Waals surface area contributed by atoms with E-state index < -0.39 is 0 Å². The van der Waals surface area contributed by atoms with Crippen LogP contribution in [0.5, 0.6) is 5.75 Å². The SMILES string of the molecule is CNC(CCOc1ccccc1)Cc1nc(C)cs1. The zero-order valence-electron chi connectivity index (χ0n) is 11.4. The van der Waals surface area contributed by atoms with Gasteiger partial charge in [0.15, 0.2) is 0 Å². The standard InChI is InChI=1S/C15H20N2OS/c1-12-11-19-15(17-12)10-13(16-2)8-9-18-14-6-4-3-5-7-14/h3-7,11,13,16H,8-10H2,1-2H3. The number of aryl methyl sites for hydroxylation is 1. The summed E-state index contributed by atoms with van der Waals surface area (Å²) in [5.41, 5.74) is 1.11. The van der Waals surface area contributed by atoms with Gasteiger partial charge in [0, 0.05) is 23.5 Å². The summed E-state index contributed by atoms with van der Waals surface area (Å²) in [6.07, 6.45) is 1.94. The Morgan fingerprint density at radius 1 is 1.32 bits per heavy atom. The van der Waals surface area contributed by atoms with Gasteiger partial charge in [0.1, 0.15) is 5.75 Å². The first-order valence-corrected chi connectivity index (χ1v) is 7.42. The van der Waals surface area contributed by atoms with E-state index >= 15 is 0 Å². The molecule has 19 heavy (non-hydrogen) atoms. The van der Waals surface area contributed by atoms with E-state index in [1.807, 2.05) is 44.3 Å². The number of thiazole rings is 1. The molecule has 4 heteroatoms. The van der Waals surface area contributed by atoms with E-state index in [1.54, 1.807) is 11.3 Å². The minimum absolute atomic E-state index is 0.411. The average molecular weight is 276 g/mol. The number of aromatic nitrogens is 1. The van der Waals surface area contributed by atoms with Crippen LogP contribution in [0.3, 0.4) is 0 Å². The van der Waals surface area contributed by atoms with Crippen LogP contribution in [-0.2, 0) is 6.42 Å². The molecule has 0 aliphatic rings.